The zero-order valence-electron chi connectivity index (χ0n) is 13.6. The lowest BCUT2D eigenvalue weighted by Gasteiger charge is -2.12. The fourth-order valence-electron chi connectivity index (χ4n) is 1.74. The third-order valence-electron chi connectivity index (χ3n) is 2.92. The summed E-state index contributed by atoms with van der Waals surface area (Å²) in [4.78, 5) is 18.1. The predicted molar refractivity (Wildman–Crippen MR) is 102 cm³/mol. The number of carbonyl (C=O) groups is 1. The molecule has 0 aliphatic carbocycles. The quantitative estimate of drug-likeness (QED) is 0.814. The smallest absolute Gasteiger partial charge is 0.274 e. The molecule has 0 atom stereocenters. The number of hydrogen-bond acceptors (Lipinski definition) is 5. The normalized spacial score (nSPS) is 9.62. The summed E-state index contributed by atoms with van der Waals surface area (Å²) in [6.45, 7) is 1.41. The SMILES string of the molecule is CN(C)CCOc1cccc(NC(=O)c2ccc(N)cn2)c1.Cl.Cl. The van der Waals surface area contributed by atoms with Crippen LogP contribution in [0.15, 0.2) is 42.6 Å². The van der Waals surface area contributed by atoms with Crippen molar-refractivity contribution < 1.29 is 9.53 Å². The van der Waals surface area contributed by atoms with E-state index in [4.69, 9.17) is 10.5 Å². The van der Waals surface area contributed by atoms with Gasteiger partial charge in [-0.2, -0.15) is 0 Å². The van der Waals surface area contributed by atoms with Gasteiger partial charge < -0.3 is 20.7 Å². The third kappa shape index (κ3) is 7.04. The molecule has 1 aromatic carbocycles. The average Bonchev–Trinajstić information content (AvgIpc) is 2.48. The number of ether oxygens (including phenoxy) is 1. The van der Waals surface area contributed by atoms with E-state index in [0.29, 0.717) is 29.4 Å². The van der Waals surface area contributed by atoms with Gasteiger partial charge in [-0.15, -0.1) is 24.8 Å². The Morgan fingerprint density at radius 3 is 2.62 bits per heavy atom. The van der Waals surface area contributed by atoms with Crippen molar-refractivity contribution in [1.29, 1.82) is 0 Å². The number of nitrogens with one attached hydrogen (secondary N) is 1. The van der Waals surface area contributed by atoms with Crippen LogP contribution in [0.1, 0.15) is 10.5 Å². The van der Waals surface area contributed by atoms with Crippen molar-refractivity contribution in [2.75, 3.05) is 38.3 Å². The second kappa shape index (κ2) is 10.7. The summed E-state index contributed by atoms with van der Waals surface area (Å²) in [7, 11) is 3.97. The molecule has 0 saturated heterocycles. The van der Waals surface area contributed by atoms with E-state index in [1.165, 1.54) is 6.20 Å². The van der Waals surface area contributed by atoms with E-state index >= 15 is 0 Å². The maximum Gasteiger partial charge on any atom is 0.274 e. The van der Waals surface area contributed by atoms with Gasteiger partial charge in [0.2, 0.25) is 0 Å². The summed E-state index contributed by atoms with van der Waals surface area (Å²) in [6, 6.07) is 10.5. The second-order valence-electron chi connectivity index (χ2n) is 5.11. The lowest BCUT2D eigenvalue weighted by molar-refractivity contribution is 0.102. The minimum Gasteiger partial charge on any atom is -0.492 e. The van der Waals surface area contributed by atoms with E-state index in [0.717, 1.165) is 6.54 Å². The fraction of sp³-hybridized carbons (Fsp3) is 0.250. The Labute approximate surface area is 154 Å². The van der Waals surface area contributed by atoms with Crippen molar-refractivity contribution >= 4 is 42.1 Å². The molecule has 2 rings (SSSR count). The number of benzene rings is 1. The van der Waals surface area contributed by atoms with Crippen LogP contribution in [-0.4, -0.2) is 43.0 Å². The van der Waals surface area contributed by atoms with Gasteiger partial charge in [-0.1, -0.05) is 6.07 Å². The lowest BCUT2D eigenvalue weighted by Crippen LogP contribution is -2.19. The van der Waals surface area contributed by atoms with Crippen LogP contribution in [-0.2, 0) is 0 Å². The van der Waals surface area contributed by atoms with Crippen LogP contribution >= 0.6 is 24.8 Å². The molecule has 132 valence electrons. The second-order valence-corrected chi connectivity index (χ2v) is 5.11. The molecule has 1 aromatic heterocycles. The summed E-state index contributed by atoms with van der Waals surface area (Å²) in [5.74, 6) is 0.426. The number of pyridine rings is 1. The molecule has 0 fully saturated rings. The maximum absolute atomic E-state index is 12.1. The van der Waals surface area contributed by atoms with Gasteiger partial charge in [0.25, 0.3) is 5.91 Å². The minimum atomic E-state index is -0.287. The number of nitrogens with zero attached hydrogens (tertiary/aromatic N) is 2. The van der Waals surface area contributed by atoms with E-state index in [9.17, 15) is 4.79 Å². The number of amides is 1. The van der Waals surface area contributed by atoms with Crippen molar-refractivity contribution in [2.45, 2.75) is 0 Å². The van der Waals surface area contributed by atoms with Crippen molar-refractivity contribution in [3.63, 3.8) is 0 Å². The van der Waals surface area contributed by atoms with Gasteiger partial charge in [0.15, 0.2) is 0 Å². The van der Waals surface area contributed by atoms with E-state index < -0.39 is 0 Å². The lowest BCUT2D eigenvalue weighted by atomic mass is 10.2. The third-order valence-corrected chi connectivity index (χ3v) is 2.92. The molecular formula is C16H22Cl2N4O2. The first-order valence-corrected chi connectivity index (χ1v) is 6.95. The molecule has 0 unspecified atom stereocenters. The molecule has 0 bridgehead atoms. The summed E-state index contributed by atoms with van der Waals surface area (Å²) < 4.78 is 5.64. The first-order chi connectivity index (χ1) is 10.5. The van der Waals surface area contributed by atoms with E-state index in [2.05, 4.69) is 10.3 Å². The van der Waals surface area contributed by atoms with Crippen LogP contribution in [0.5, 0.6) is 5.75 Å². The van der Waals surface area contributed by atoms with Crippen molar-refractivity contribution in [2.24, 2.45) is 0 Å². The maximum atomic E-state index is 12.1. The molecule has 0 saturated carbocycles. The van der Waals surface area contributed by atoms with Gasteiger partial charge in [0.05, 0.1) is 11.9 Å². The van der Waals surface area contributed by atoms with Crippen LogP contribution in [0, 0.1) is 0 Å². The highest BCUT2D eigenvalue weighted by Crippen LogP contribution is 2.18. The number of likely N-dealkylation sites (N-methyl/N-ethyl adjacent to an activating group) is 1. The summed E-state index contributed by atoms with van der Waals surface area (Å²) in [5.41, 5.74) is 7.05. The van der Waals surface area contributed by atoms with E-state index in [1.54, 1.807) is 24.3 Å². The summed E-state index contributed by atoms with van der Waals surface area (Å²) in [6.07, 6.45) is 1.45. The Morgan fingerprint density at radius 2 is 2.00 bits per heavy atom. The standard InChI is InChI=1S/C16H20N4O2.2ClH/c1-20(2)8-9-22-14-5-3-4-13(10-14)19-16(21)15-7-6-12(17)11-18-15;;/h3-7,10-11H,8-9,17H2,1-2H3,(H,19,21);2*1H. The zero-order chi connectivity index (χ0) is 15.9. The number of carbonyl (C=O) groups excluding carboxylic acids is 1. The number of aromatic nitrogens is 1. The largest absolute Gasteiger partial charge is 0.492 e. The van der Waals surface area contributed by atoms with Crippen molar-refractivity contribution in [3.05, 3.63) is 48.3 Å². The van der Waals surface area contributed by atoms with Crippen LogP contribution in [0.3, 0.4) is 0 Å². The van der Waals surface area contributed by atoms with Crippen LogP contribution in [0.2, 0.25) is 0 Å². The zero-order valence-corrected chi connectivity index (χ0v) is 15.2. The summed E-state index contributed by atoms with van der Waals surface area (Å²) >= 11 is 0. The molecular weight excluding hydrogens is 351 g/mol. The molecule has 24 heavy (non-hydrogen) atoms. The van der Waals surface area contributed by atoms with Crippen LogP contribution in [0.25, 0.3) is 0 Å². The molecule has 8 heteroatoms. The Kier molecular flexibility index (Phi) is 9.80. The molecule has 1 amide bonds. The average molecular weight is 373 g/mol. The van der Waals surface area contributed by atoms with Crippen molar-refractivity contribution in [1.82, 2.24) is 9.88 Å². The van der Waals surface area contributed by atoms with Crippen molar-refractivity contribution in [3.8, 4) is 5.75 Å². The first-order valence-electron chi connectivity index (χ1n) is 6.95. The van der Waals surface area contributed by atoms with Crippen LogP contribution in [0.4, 0.5) is 11.4 Å². The first kappa shape index (κ1) is 22.0. The number of halogens is 2. The molecule has 1 heterocycles. The summed E-state index contributed by atoms with van der Waals surface area (Å²) in [5, 5.41) is 2.78. The van der Waals surface area contributed by atoms with Gasteiger partial charge in [0, 0.05) is 18.3 Å². The Hall–Kier alpha value is -2.02. The van der Waals surface area contributed by atoms with Gasteiger partial charge in [-0.05, 0) is 38.4 Å². The highest BCUT2D eigenvalue weighted by atomic mass is 35.5. The van der Waals surface area contributed by atoms with Gasteiger partial charge >= 0.3 is 0 Å². The fourth-order valence-corrected chi connectivity index (χ4v) is 1.74. The number of anilines is 2. The van der Waals surface area contributed by atoms with E-state index in [-0.39, 0.29) is 30.7 Å². The van der Waals surface area contributed by atoms with E-state index in [1.807, 2.05) is 31.1 Å². The number of rotatable bonds is 6. The molecule has 2 aromatic rings. The van der Waals surface area contributed by atoms with Gasteiger partial charge in [-0.3, -0.25) is 4.79 Å². The minimum absolute atomic E-state index is 0. The molecule has 6 nitrogen and oxygen atoms in total. The molecule has 0 aliphatic rings. The van der Waals surface area contributed by atoms with Crippen LogP contribution < -0.4 is 15.8 Å². The number of nitrogens with two attached hydrogens (primary N) is 1. The highest BCUT2D eigenvalue weighted by Gasteiger charge is 2.08. The monoisotopic (exact) mass is 372 g/mol. The highest BCUT2D eigenvalue weighted by molar-refractivity contribution is 6.03. The molecule has 3 N–H and O–H groups in total. The Balaban J connectivity index is 0.00000264. The van der Waals surface area contributed by atoms with Gasteiger partial charge in [-0.25, -0.2) is 4.98 Å². The Bertz CT molecular complexity index is 636. The predicted octanol–water partition coefficient (Wildman–Crippen LogP) is 2.70. The number of nitrogen functional groups attached to an aromatic ring is 1. The number of hydrogen-bond donors (Lipinski definition) is 2. The topological polar surface area (TPSA) is 80.5 Å². The molecule has 0 radical (unpaired) electrons. The molecule has 0 spiro atoms. The molecule has 0 aliphatic heterocycles. The van der Waals surface area contributed by atoms with Gasteiger partial charge in [0.1, 0.15) is 18.1 Å². The Morgan fingerprint density at radius 1 is 1.25 bits per heavy atom.